The summed E-state index contributed by atoms with van der Waals surface area (Å²) < 4.78 is 5.45. The van der Waals surface area contributed by atoms with Gasteiger partial charge in [0.05, 0.1) is 18.4 Å². The Kier molecular flexibility index (Phi) is 3.86. The number of carbonyl (C=O) groups excluding carboxylic acids is 3. The molecule has 6 heteroatoms. The molecule has 2 saturated carbocycles. The molecule has 6 atom stereocenters. The molecule has 0 spiro atoms. The van der Waals surface area contributed by atoms with Crippen LogP contribution >= 0.6 is 0 Å². The van der Waals surface area contributed by atoms with Gasteiger partial charge in [0.2, 0.25) is 17.7 Å². The van der Waals surface area contributed by atoms with E-state index in [-0.39, 0.29) is 48.1 Å². The molecule has 5 aliphatic rings. The topological polar surface area (TPSA) is 66.9 Å². The Morgan fingerprint density at radius 1 is 1.07 bits per heavy atom. The summed E-state index contributed by atoms with van der Waals surface area (Å²) in [5.74, 6) is 1.34. The number of ether oxygens (including phenoxy) is 1. The number of likely N-dealkylation sites (tertiary alicyclic amines) is 1. The molecule has 0 radical (unpaired) electrons. The lowest BCUT2D eigenvalue weighted by molar-refractivity contribution is -0.140. The third-order valence-electron chi connectivity index (χ3n) is 6.88. The van der Waals surface area contributed by atoms with Gasteiger partial charge in [-0.2, -0.15) is 0 Å². The van der Waals surface area contributed by atoms with Crippen molar-refractivity contribution >= 4 is 23.4 Å². The third-order valence-corrected chi connectivity index (χ3v) is 6.88. The second-order valence-corrected chi connectivity index (χ2v) is 8.27. The molecule has 0 aromatic heterocycles. The van der Waals surface area contributed by atoms with E-state index in [1.165, 1.54) is 16.7 Å². The maximum atomic E-state index is 13.1. The monoisotopic (exact) mass is 380 g/mol. The first kappa shape index (κ1) is 17.5. The Morgan fingerprint density at radius 2 is 1.64 bits per heavy atom. The first-order valence-electron chi connectivity index (χ1n) is 10.1. The lowest BCUT2D eigenvalue weighted by atomic mass is 9.63. The lowest BCUT2D eigenvalue weighted by Gasteiger charge is -2.37. The van der Waals surface area contributed by atoms with Crippen molar-refractivity contribution in [2.45, 2.75) is 20.3 Å². The van der Waals surface area contributed by atoms with Gasteiger partial charge in [-0.25, -0.2) is 0 Å². The average Bonchev–Trinajstić information content (AvgIpc) is 3.47. The standard InChI is InChI=1S/C22H24N2O4/c1-3-28-14-6-4-13(5-7-14)23(12(2)25)11-24-21(26)19-15-8-9-16(18-10-17(15)18)20(19)22(24)27/h4-9,15-20H,3,10-11H2,1-2H3/t15-,16-,17-,18-,19+,20+/m0/s1. The van der Waals surface area contributed by atoms with E-state index in [2.05, 4.69) is 12.2 Å². The fourth-order valence-electron chi connectivity index (χ4n) is 5.55. The van der Waals surface area contributed by atoms with E-state index in [1.54, 1.807) is 24.3 Å². The lowest BCUT2D eigenvalue weighted by Crippen LogP contribution is -2.44. The SMILES string of the molecule is CCOc1ccc(N(CN2C(=O)[C@@H]3[C@H]4C=C[C@@H]([C@@H]5C[C@@H]45)[C@H]3C2=O)C(C)=O)cc1. The molecule has 6 nitrogen and oxygen atoms in total. The highest BCUT2D eigenvalue weighted by molar-refractivity contribution is 6.07. The summed E-state index contributed by atoms with van der Waals surface area (Å²) in [5, 5.41) is 0. The quantitative estimate of drug-likeness (QED) is 0.581. The number of carbonyl (C=O) groups is 3. The van der Waals surface area contributed by atoms with Crippen LogP contribution in [-0.4, -0.2) is 35.9 Å². The molecule has 1 heterocycles. The fraction of sp³-hybridized carbons (Fsp3) is 0.500. The number of hydrogen-bond donors (Lipinski definition) is 0. The van der Waals surface area contributed by atoms with E-state index >= 15 is 0 Å². The van der Waals surface area contributed by atoms with Gasteiger partial charge in [-0.3, -0.25) is 24.2 Å². The average molecular weight is 380 g/mol. The highest BCUT2D eigenvalue weighted by Gasteiger charge is 2.67. The highest BCUT2D eigenvalue weighted by Crippen LogP contribution is 2.65. The number of amides is 3. The van der Waals surface area contributed by atoms with Crippen molar-refractivity contribution in [1.82, 2.24) is 4.90 Å². The molecule has 0 N–H and O–H groups in total. The van der Waals surface area contributed by atoms with Gasteiger partial charge in [0, 0.05) is 12.6 Å². The van der Waals surface area contributed by atoms with Crippen LogP contribution in [0.2, 0.25) is 0 Å². The molecular formula is C22H24N2O4. The molecule has 146 valence electrons. The Morgan fingerprint density at radius 3 is 2.14 bits per heavy atom. The van der Waals surface area contributed by atoms with Gasteiger partial charge in [0.25, 0.3) is 0 Å². The molecule has 3 amide bonds. The van der Waals surface area contributed by atoms with E-state index in [1.807, 2.05) is 6.92 Å². The van der Waals surface area contributed by atoms with Crippen LogP contribution in [0.3, 0.4) is 0 Å². The van der Waals surface area contributed by atoms with Crippen molar-refractivity contribution in [3.8, 4) is 5.75 Å². The number of nitrogens with zero attached hydrogens (tertiary/aromatic N) is 2. The minimum absolute atomic E-state index is 0.0250. The van der Waals surface area contributed by atoms with Crippen LogP contribution in [0.5, 0.6) is 5.75 Å². The van der Waals surface area contributed by atoms with Crippen LogP contribution in [0.1, 0.15) is 20.3 Å². The molecule has 6 rings (SSSR count). The van der Waals surface area contributed by atoms with Crippen molar-refractivity contribution < 1.29 is 19.1 Å². The van der Waals surface area contributed by atoms with Crippen molar-refractivity contribution in [1.29, 1.82) is 0 Å². The predicted octanol–water partition coefficient (Wildman–Crippen LogP) is 2.45. The Bertz CT molecular complexity index is 841. The van der Waals surface area contributed by atoms with Gasteiger partial charge in [0.1, 0.15) is 12.4 Å². The van der Waals surface area contributed by atoms with Crippen molar-refractivity contribution in [2.24, 2.45) is 35.5 Å². The third kappa shape index (κ3) is 2.43. The number of imide groups is 1. The number of benzene rings is 1. The van der Waals surface area contributed by atoms with Crippen LogP contribution in [0.15, 0.2) is 36.4 Å². The first-order chi connectivity index (χ1) is 13.5. The summed E-state index contributed by atoms with van der Waals surface area (Å²) in [7, 11) is 0. The van der Waals surface area contributed by atoms with E-state index in [4.69, 9.17) is 4.74 Å². The van der Waals surface area contributed by atoms with Crippen LogP contribution in [-0.2, 0) is 14.4 Å². The van der Waals surface area contributed by atoms with Crippen molar-refractivity contribution in [3.05, 3.63) is 36.4 Å². The van der Waals surface area contributed by atoms with E-state index in [0.29, 0.717) is 24.1 Å². The van der Waals surface area contributed by atoms with Crippen LogP contribution in [0, 0.1) is 35.5 Å². The van der Waals surface area contributed by atoms with E-state index in [0.717, 1.165) is 12.2 Å². The van der Waals surface area contributed by atoms with Crippen LogP contribution < -0.4 is 9.64 Å². The highest BCUT2D eigenvalue weighted by atomic mass is 16.5. The molecule has 4 aliphatic carbocycles. The smallest absolute Gasteiger partial charge is 0.235 e. The predicted molar refractivity (Wildman–Crippen MR) is 102 cm³/mol. The number of rotatable bonds is 5. The normalized spacial score (nSPS) is 34.3. The summed E-state index contributed by atoms with van der Waals surface area (Å²) in [4.78, 5) is 41.4. The van der Waals surface area contributed by atoms with Gasteiger partial charge in [0.15, 0.2) is 0 Å². The summed E-state index contributed by atoms with van der Waals surface area (Å²) in [6, 6.07) is 7.15. The molecule has 28 heavy (non-hydrogen) atoms. The van der Waals surface area contributed by atoms with Crippen LogP contribution in [0.25, 0.3) is 0 Å². The number of hydrogen-bond acceptors (Lipinski definition) is 4. The zero-order valence-electron chi connectivity index (χ0n) is 16.1. The van der Waals surface area contributed by atoms with Crippen LogP contribution in [0.4, 0.5) is 5.69 Å². The zero-order chi connectivity index (χ0) is 19.6. The van der Waals surface area contributed by atoms with Gasteiger partial charge in [-0.05, 0) is 61.3 Å². The summed E-state index contributed by atoms with van der Waals surface area (Å²) >= 11 is 0. The summed E-state index contributed by atoms with van der Waals surface area (Å²) in [6.45, 7) is 3.90. The molecule has 1 aromatic carbocycles. The molecule has 1 aliphatic heterocycles. The van der Waals surface area contributed by atoms with E-state index < -0.39 is 0 Å². The second kappa shape index (κ2) is 6.19. The zero-order valence-corrected chi connectivity index (χ0v) is 16.1. The maximum absolute atomic E-state index is 13.1. The Hall–Kier alpha value is -2.63. The van der Waals surface area contributed by atoms with Gasteiger partial charge >= 0.3 is 0 Å². The van der Waals surface area contributed by atoms with Crippen molar-refractivity contribution in [2.75, 3.05) is 18.2 Å². The summed E-state index contributed by atoms with van der Waals surface area (Å²) in [5.41, 5.74) is 0.648. The molecule has 1 aromatic rings. The van der Waals surface area contributed by atoms with Gasteiger partial charge in [-0.15, -0.1) is 0 Å². The molecular weight excluding hydrogens is 356 g/mol. The minimum atomic E-state index is -0.236. The van der Waals surface area contributed by atoms with Crippen molar-refractivity contribution in [3.63, 3.8) is 0 Å². The summed E-state index contributed by atoms with van der Waals surface area (Å²) in [6.07, 6.45) is 5.45. The molecule has 0 unspecified atom stereocenters. The molecule has 3 fully saturated rings. The second-order valence-electron chi connectivity index (χ2n) is 8.27. The Labute approximate surface area is 164 Å². The van der Waals surface area contributed by atoms with Gasteiger partial charge < -0.3 is 4.74 Å². The Balaban J connectivity index is 1.39. The number of anilines is 1. The maximum Gasteiger partial charge on any atom is 0.235 e. The largest absolute Gasteiger partial charge is 0.494 e. The number of allylic oxidation sites excluding steroid dienone is 2. The molecule has 1 saturated heterocycles. The minimum Gasteiger partial charge on any atom is -0.494 e. The molecule has 2 bridgehead atoms. The first-order valence-corrected chi connectivity index (χ1v) is 10.1. The fourth-order valence-corrected chi connectivity index (χ4v) is 5.55. The van der Waals surface area contributed by atoms with E-state index in [9.17, 15) is 14.4 Å². The van der Waals surface area contributed by atoms with Gasteiger partial charge in [-0.1, -0.05) is 12.2 Å².